The highest BCUT2D eigenvalue weighted by molar-refractivity contribution is 5.36. The lowest BCUT2D eigenvalue weighted by atomic mass is 9.89. The maximum absolute atomic E-state index is 5.29. The van der Waals surface area contributed by atoms with Crippen LogP contribution in [0.4, 0.5) is 0 Å². The molecule has 0 aromatic heterocycles. The fraction of sp³-hybridized carbons (Fsp3) is 0.647. The Morgan fingerprint density at radius 2 is 2.00 bits per heavy atom. The number of hydrogen-bond donors (Lipinski definition) is 1. The molecule has 2 heteroatoms. The minimum atomic E-state index is 0.923. The minimum Gasteiger partial charge on any atom is -0.496 e. The summed E-state index contributed by atoms with van der Waals surface area (Å²) in [5.74, 6) is 1.91. The van der Waals surface area contributed by atoms with Crippen molar-refractivity contribution >= 4 is 0 Å². The van der Waals surface area contributed by atoms with Gasteiger partial charge in [-0.25, -0.2) is 0 Å². The molecule has 1 aliphatic carbocycles. The van der Waals surface area contributed by atoms with Crippen molar-refractivity contribution in [1.82, 2.24) is 5.32 Å². The number of methoxy groups -OCH3 is 1. The number of hydrogen-bond acceptors (Lipinski definition) is 2. The lowest BCUT2D eigenvalue weighted by molar-refractivity contribution is 0.343. The van der Waals surface area contributed by atoms with Gasteiger partial charge >= 0.3 is 0 Å². The van der Waals surface area contributed by atoms with E-state index in [1.165, 1.54) is 49.8 Å². The predicted octanol–water partition coefficient (Wildman–Crippen LogP) is 3.72. The Morgan fingerprint density at radius 3 is 2.68 bits per heavy atom. The summed E-state index contributed by atoms with van der Waals surface area (Å²) < 4.78 is 5.29. The lowest BCUT2D eigenvalue weighted by Gasteiger charge is -2.21. The molecule has 0 heterocycles. The van der Waals surface area contributed by atoms with Crippen molar-refractivity contribution < 1.29 is 4.74 Å². The van der Waals surface area contributed by atoms with E-state index in [9.17, 15) is 0 Å². The predicted molar refractivity (Wildman–Crippen MR) is 80.9 cm³/mol. The molecule has 0 amide bonds. The van der Waals surface area contributed by atoms with E-state index in [2.05, 4.69) is 30.4 Å². The van der Waals surface area contributed by atoms with E-state index in [1.807, 2.05) is 0 Å². The van der Waals surface area contributed by atoms with Gasteiger partial charge < -0.3 is 10.1 Å². The standard InChI is InChI=1S/C17H27NO/c1-14-12-15(8-9-17(14)19-2)10-11-18-13-16-6-4-3-5-7-16/h8-9,12,16,18H,3-7,10-11,13H2,1-2H3. The zero-order valence-corrected chi connectivity index (χ0v) is 12.4. The summed E-state index contributed by atoms with van der Waals surface area (Å²) in [6.45, 7) is 4.40. The van der Waals surface area contributed by atoms with E-state index < -0.39 is 0 Å². The average molecular weight is 261 g/mol. The second kappa shape index (κ2) is 7.54. The Bertz CT molecular complexity index is 383. The second-order valence-electron chi connectivity index (χ2n) is 5.76. The van der Waals surface area contributed by atoms with E-state index >= 15 is 0 Å². The van der Waals surface area contributed by atoms with Crippen LogP contribution in [0.3, 0.4) is 0 Å². The number of ether oxygens (including phenoxy) is 1. The molecule has 1 aliphatic rings. The summed E-state index contributed by atoms with van der Waals surface area (Å²) in [6.07, 6.45) is 8.27. The molecule has 1 aromatic carbocycles. The van der Waals surface area contributed by atoms with Gasteiger partial charge in [-0.3, -0.25) is 0 Å². The zero-order chi connectivity index (χ0) is 13.5. The molecule has 0 radical (unpaired) electrons. The summed E-state index contributed by atoms with van der Waals surface area (Å²) >= 11 is 0. The minimum absolute atomic E-state index is 0.923. The maximum Gasteiger partial charge on any atom is 0.121 e. The largest absolute Gasteiger partial charge is 0.496 e. The van der Waals surface area contributed by atoms with Crippen molar-refractivity contribution in [3.8, 4) is 5.75 Å². The van der Waals surface area contributed by atoms with Crippen LogP contribution in [0.5, 0.6) is 5.75 Å². The summed E-state index contributed by atoms with van der Waals surface area (Å²) in [5, 5.41) is 3.62. The first kappa shape index (κ1) is 14.4. The molecule has 106 valence electrons. The number of rotatable bonds is 6. The van der Waals surface area contributed by atoms with Crippen LogP contribution in [0.15, 0.2) is 18.2 Å². The zero-order valence-electron chi connectivity index (χ0n) is 12.4. The normalized spacial score (nSPS) is 16.5. The van der Waals surface area contributed by atoms with Gasteiger partial charge in [0.2, 0.25) is 0 Å². The summed E-state index contributed by atoms with van der Waals surface area (Å²) in [7, 11) is 1.73. The van der Waals surface area contributed by atoms with Crippen LogP contribution in [-0.2, 0) is 6.42 Å². The highest BCUT2D eigenvalue weighted by Gasteiger charge is 2.12. The molecular weight excluding hydrogens is 234 g/mol. The fourth-order valence-electron chi connectivity index (χ4n) is 3.03. The quantitative estimate of drug-likeness (QED) is 0.788. The van der Waals surface area contributed by atoms with Crippen molar-refractivity contribution in [2.24, 2.45) is 5.92 Å². The van der Waals surface area contributed by atoms with Gasteiger partial charge in [0.15, 0.2) is 0 Å². The Labute approximate surface area is 117 Å². The monoisotopic (exact) mass is 261 g/mol. The van der Waals surface area contributed by atoms with Gasteiger partial charge in [-0.15, -0.1) is 0 Å². The van der Waals surface area contributed by atoms with Crippen LogP contribution >= 0.6 is 0 Å². The summed E-state index contributed by atoms with van der Waals surface area (Å²) in [4.78, 5) is 0. The van der Waals surface area contributed by atoms with E-state index in [0.717, 1.165) is 24.6 Å². The van der Waals surface area contributed by atoms with Crippen LogP contribution in [0.2, 0.25) is 0 Å². The number of benzene rings is 1. The molecule has 19 heavy (non-hydrogen) atoms. The van der Waals surface area contributed by atoms with Gasteiger partial charge in [0.1, 0.15) is 5.75 Å². The fourth-order valence-corrected chi connectivity index (χ4v) is 3.03. The maximum atomic E-state index is 5.29. The van der Waals surface area contributed by atoms with Crippen molar-refractivity contribution in [2.45, 2.75) is 45.4 Å². The van der Waals surface area contributed by atoms with Crippen LogP contribution in [0, 0.1) is 12.8 Å². The van der Waals surface area contributed by atoms with Crippen molar-refractivity contribution in [2.75, 3.05) is 20.2 Å². The van der Waals surface area contributed by atoms with E-state index in [4.69, 9.17) is 4.74 Å². The van der Waals surface area contributed by atoms with Crippen molar-refractivity contribution in [1.29, 1.82) is 0 Å². The first-order chi connectivity index (χ1) is 9.29. The van der Waals surface area contributed by atoms with Crippen LogP contribution in [-0.4, -0.2) is 20.2 Å². The third-order valence-corrected chi connectivity index (χ3v) is 4.21. The topological polar surface area (TPSA) is 21.3 Å². The molecule has 0 saturated heterocycles. The molecule has 1 aromatic rings. The third kappa shape index (κ3) is 4.54. The van der Waals surface area contributed by atoms with Gasteiger partial charge in [0.25, 0.3) is 0 Å². The van der Waals surface area contributed by atoms with E-state index in [0.29, 0.717) is 0 Å². The van der Waals surface area contributed by atoms with Crippen molar-refractivity contribution in [3.63, 3.8) is 0 Å². The molecule has 0 unspecified atom stereocenters. The first-order valence-electron chi connectivity index (χ1n) is 7.64. The molecule has 0 spiro atoms. The molecule has 1 N–H and O–H groups in total. The molecule has 2 rings (SSSR count). The van der Waals surface area contributed by atoms with Crippen LogP contribution in [0.25, 0.3) is 0 Å². The smallest absolute Gasteiger partial charge is 0.121 e. The molecule has 0 atom stereocenters. The molecule has 1 saturated carbocycles. The Balaban J connectivity index is 1.69. The molecule has 0 aliphatic heterocycles. The van der Waals surface area contributed by atoms with Gasteiger partial charge in [0.05, 0.1) is 7.11 Å². The van der Waals surface area contributed by atoms with Gasteiger partial charge in [0, 0.05) is 0 Å². The average Bonchev–Trinajstić information content (AvgIpc) is 2.45. The van der Waals surface area contributed by atoms with Crippen molar-refractivity contribution in [3.05, 3.63) is 29.3 Å². The second-order valence-corrected chi connectivity index (χ2v) is 5.76. The SMILES string of the molecule is COc1ccc(CCNCC2CCCCC2)cc1C. The lowest BCUT2D eigenvalue weighted by Crippen LogP contribution is -2.26. The molecule has 2 nitrogen and oxygen atoms in total. The summed E-state index contributed by atoms with van der Waals surface area (Å²) in [5.41, 5.74) is 2.63. The van der Waals surface area contributed by atoms with Gasteiger partial charge in [-0.05, 0) is 62.4 Å². The molecular formula is C17H27NO. The summed E-state index contributed by atoms with van der Waals surface area (Å²) in [6, 6.07) is 6.49. The van der Waals surface area contributed by atoms with Crippen LogP contribution < -0.4 is 10.1 Å². The van der Waals surface area contributed by atoms with E-state index in [-0.39, 0.29) is 0 Å². The Morgan fingerprint density at radius 1 is 1.21 bits per heavy atom. The number of nitrogens with one attached hydrogen (secondary N) is 1. The van der Waals surface area contributed by atoms with Gasteiger partial charge in [-0.2, -0.15) is 0 Å². The van der Waals surface area contributed by atoms with E-state index in [1.54, 1.807) is 7.11 Å². The van der Waals surface area contributed by atoms with Crippen LogP contribution in [0.1, 0.15) is 43.2 Å². The Hall–Kier alpha value is -1.02. The third-order valence-electron chi connectivity index (χ3n) is 4.21. The highest BCUT2D eigenvalue weighted by atomic mass is 16.5. The number of aryl methyl sites for hydroxylation is 1. The highest BCUT2D eigenvalue weighted by Crippen LogP contribution is 2.22. The molecule has 1 fully saturated rings. The Kier molecular flexibility index (Phi) is 5.71. The van der Waals surface area contributed by atoms with Gasteiger partial charge in [-0.1, -0.05) is 31.4 Å². The first-order valence-corrected chi connectivity index (χ1v) is 7.64. The molecule has 0 bridgehead atoms.